The minimum Gasteiger partial charge on any atom is -0.384 e. The molecule has 102 valence electrons. The van der Waals surface area contributed by atoms with Gasteiger partial charge >= 0.3 is 0 Å². The summed E-state index contributed by atoms with van der Waals surface area (Å²) in [6, 6.07) is 3.80. The van der Waals surface area contributed by atoms with Crippen molar-refractivity contribution in [3.05, 3.63) is 29.6 Å². The van der Waals surface area contributed by atoms with E-state index < -0.39 is 27.3 Å². The summed E-state index contributed by atoms with van der Waals surface area (Å²) in [6.07, 6.45) is 0.913. The van der Waals surface area contributed by atoms with Crippen LogP contribution in [0.4, 0.5) is 10.1 Å². The summed E-state index contributed by atoms with van der Waals surface area (Å²) >= 11 is 0. The molecule has 0 aliphatic heterocycles. The van der Waals surface area contributed by atoms with Gasteiger partial charge in [0.15, 0.2) is 9.84 Å². The second-order valence-electron chi connectivity index (χ2n) is 3.77. The van der Waals surface area contributed by atoms with Gasteiger partial charge in [0.25, 0.3) is 0 Å². The third-order valence-electron chi connectivity index (χ3n) is 1.95. The number of amides is 1. The monoisotopic (exact) mass is 285 g/mol. The minimum absolute atomic E-state index is 0.122. The standard InChI is InChI=1S/C12H12FNO4S/c1-19(17,18)8-12(16)14-11-5-4-9(3-2-6-15)7-10(11)13/h4-5,7,15H,6,8H2,1H3,(H,14,16). The molecular formula is C12H12FNO4S. The highest BCUT2D eigenvalue weighted by Gasteiger charge is 2.13. The zero-order valence-electron chi connectivity index (χ0n) is 10.1. The van der Waals surface area contributed by atoms with Crippen LogP contribution in [0.25, 0.3) is 0 Å². The number of anilines is 1. The van der Waals surface area contributed by atoms with Crippen LogP contribution in [0.3, 0.4) is 0 Å². The Hall–Kier alpha value is -1.91. The van der Waals surface area contributed by atoms with Gasteiger partial charge in [-0.3, -0.25) is 4.79 Å². The van der Waals surface area contributed by atoms with Crippen LogP contribution >= 0.6 is 0 Å². The van der Waals surface area contributed by atoms with E-state index in [0.717, 1.165) is 12.3 Å². The molecule has 0 fully saturated rings. The van der Waals surface area contributed by atoms with Crippen LogP contribution in [0.15, 0.2) is 18.2 Å². The summed E-state index contributed by atoms with van der Waals surface area (Å²) < 4.78 is 35.4. The van der Waals surface area contributed by atoms with Gasteiger partial charge in [-0.2, -0.15) is 0 Å². The Labute approximate surface area is 110 Å². The lowest BCUT2D eigenvalue weighted by atomic mass is 10.2. The topological polar surface area (TPSA) is 83.5 Å². The zero-order valence-corrected chi connectivity index (χ0v) is 10.9. The second kappa shape index (κ2) is 6.31. The number of aliphatic hydroxyl groups excluding tert-OH is 1. The lowest BCUT2D eigenvalue weighted by Crippen LogP contribution is -2.22. The molecule has 0 unspecified atom stereocenters. The SMILES string of the molecule is CS(=O)(=O)CC(=O)Nc1ccc(C#CCO)cc1F. The molecule has 0 aromatic heterocycles. The predicted octanol–water partition coefficient (Wildman–Crippen LogP) is 0.153. The lowest BCUT2D eigenvalue weighted by Gasteiger charge is -2.05. The van der Waals surface area contributed by atoms with E-state index >= 15 is 0 Å². The minimum atomic E-state index is -3.46. The quantitative estimate of drug-likeness (QED) is 0.775. The first-order valence-electron chi connectivity index (χ1n) is 5.18. The van der Waals surface area contributed by atoms with E-state index in [1.165, 1.54) is 12.1 Å². The number of aliphatic hydroxyl groups is 1. The first kappa shape index (κ1) is 15.1. The summed E-state index contributed by atoms with van der Waals surface area (Å²) in [4.78, 5) is 11.3. The first-order chi connectivity index (χ1) is 8.81. The molecule has 0 heterocycles. The molecule has 7 heteroatoms. The number of nitrogens with one attached hydrogen (secondary N) is 1. The number of rotatable bonds is 3. The molecule has 0 bridgehead atoms. The van der Waals surface area contributed by atoms with Crippen LogP contribution in [0.2, 0.25) is 0 Å². The van der Waals surface area contributed by atoms with Crippen molar-refractivity contribution in [3.63, 3.8) is 0 Å². The maximum atomic E-state index is 13.6. The van der Waals surface area contributed by atoms with Gasteiger partial charge in [-0.15, -0.1) is 0 Å². The Morgan fingerprint density at radius 2 is 2.16 bits per heavy atom. The molecule has 1 aromatic rings. The molecule has 0 aliphatic rings. The molecule has 0 radical (unpaired) electrons. The molecule has 1 aromatic carbocycles. The fourth-order valence-electron chi connectivity index (χ4n) is 1.26. The van der Waals surface area contributed by atoms with Crippen LogP contribution in [0.5, 0.6) is 0 Å². The molecule has 0 aliphatic carbocycles. The highest BCUT2D eigenvalue weighted by atomic mass is 32.2. The fourth-order valence-corrected chi connectivity index (χ4v) is 1.81. The highest BCUT2D eigenvalue weighted by molar-refractivity contribution is 7.91. The maximum absolute atomic E-state index is 13.6. The predicted molar refractivity (Wildman–Crippen MR) is 68.7 cm³/mol. The van der Waals surface area contributed by atoms with Gasteiger partial charge in [0, 0.05) is 11.8 Å². The Balaban J connectivity index is 2.83. The van der Waals surface area contributed by atoms with Gasteiger partial charge in [0.05, 0.1) is 5.69 Å². The van der Waals surface area contributed by atoms with Gasteiger partial charge in [0.1, 0.15) is 18.2 Å². The van der Waals surface area contributed by atoms with E-state index in [1.54, 1.807) is 0 Å². The van der Waals surface area contributed by atoms with Crippen molar-refractivity contribution >= 4 is 21.4 Å². The largest absolute Gasteiger partial charge is 0.384 e. The van der Waals surface area contributed by atoms with Crippen molar-refractivity contribution < 1.29 is 22.7 Å². The van der Waals surface area contributed by atoms with Crippen molar-refractivity contribution in [2.45, 2.75) is 0 Å². The van der Waals surface area contributed by atoms with Crippen molar-refractivity contribution in [2.75, 3.05) is 23.9 Å². The molecule has 0 spiro atoms. The fraction of sp³-hybridized carbons (Fsp3) is 0.250. The number of hydrogen-bond acceptors (Lipinski definition) is 4. The Bertz CT molecular complexity index is 643. The van der Waals surface area contributed by atoms with E-state index in [-0.39, 0.29) is 12.3 Å². The number of benzene rings is 1. The Kier molecular flexibility index (Phi) is 5.03. The lowest BCUT2D eigenvalue weighted by molar-refractivity contribution is -0.113. The van der Waals surface area contributed by atoms with Crippen LogP contribution in [0.1, 0.15) is 5.56 Å². The first-order valence-corrected chi connectivity index (χ1v) is 7.25. The summed E-state index contributed by atoms with van der Waals surface area (Å²) in [5.74, 6) is 2.61. The van der Waals surface area contributed by atoms with E-state index in [4.69, 9.17) is 5.11 Å². The van der Waals surface area contributed by atoms with Crippen LogP contribution in [-0.4, -0.2) is 38.0 Å². The number of hydrogen-bond donors (Lipinski definition) is 2. The van der Waals surface area contributed by atoms with Gasteiger partial charge in [-0.05, 0) is 18.2 Å². The van der Waals surface area contributed by atoms with Crippen molar-refractivity contribution in [1.82, 2.24) is 0 Å². The Morgan fingerprint density at radius 3 is 2.68 bits per heavy atom. The molecule has 19 heavy (non-hydrogen) atoms. The summed E-state index contributed by atoms with van der Waals surface area (Å²) in [6.45, 7) is -0.339. The molecular weight excluding hydrogens is 273 g/mol. The smallest absolute Gasteiger partial charge is 0.239 e. The van der Waals surface area contributed by atoms with Crippen LogP contribution < -0.4 is 5.32 Å². The number of carbonyl (C=O) groups is 1. The van der Waals surface area contributed by atoms with Gasteiger partial charge in [-0.25, -0.2) is 12.8 Å². The third-order valence-corrected chi connectivity index (χ3v) is 2.73. The molecule has 1 rings (SSSR count). The normalized spacial score (nSPS) is 10.5. The van der Waals surface area contributed by atoms with Crippen molar-refractivity contribution in [2.24, 2.45) is 0 Å². The average Bonchev–Trinajstić information content (AvgIpc) is 2.27. The molecule has 2 N–H and O–H groups in total. The molecule has 0 atom stereocenters. The van der Waals surface area contributed by atoms with Gasteiger partial charge < -0.3 is 10.4 Å². The second-order valence-corrected chi connectivity index (χ2v) is 5.91. The number of sulfone groups is 1. The van der Waals surface area contributed by atoms with Crippen molar-refractivity contribution in [1.29, 1.82) is 0 Å². The number of halogens is 1. The third kappa shape index (κ3) is 5.50. The van der Waals surface area contributed by atoms with Gasteiger partial charge in [0.2, 0.25) is 5.91 Å². The molecule has 0 saturated heterocycles. The van der Waals surface area contributed by atoms with Crippen molar-refractivity contribution in [3.8, 4) is 11.8 Å². The van der Waals surface area contributed by atoms with E-state index in [1.807, 2.05) is 0 Å². The average molecular weight is 285 g/mol. The Morgan fingerprint density at radius 1 is 1.47 bits per heavy atom. The highest BCUT2D eigenvalue weighted by Crippen LogP contribution is 2.15. The van der Waals surface area contributed by atoms with Gasteiger partial charge in [-0.1, -0.05) is 11.8 Å². The molecule has 1 amide bonds. The van der Waals surface area contributed by atoms with E-state index in [9.17, 15) is 17.6 Å². The summed E-state index contributed by atoms with van der Waals surface area (Å²) in [5, 5.41) is 10.7. The van der Waals surface area contributed by atoms with E-state index in [2.05, 4.69) is 17.2 Å². The van der Waals surface area contributed by atoms with E-state index in [0.29, 0.717) is 5.56 Å². The zero-order chi connectivity index (χ0) is 14.5. The number of carbonyl (C=O) groups excluding carboxylic acids is 1. The molecule has 0 saturated carbocycles. The maximum Gasteiger partial charge on any atom is 0.239 e. The van der Waals surface area contributed by atoms with Crippen LogP contribution in [0, 0.1) is 17.7 Å². The molecule has 5 nitrogen and oxygen atoms in total. The summed E-state index contributed by atoms with van der Waals surface area (Å²) in [7, 11) is -3.46. The van der Waals surface area contributed by atoms with Crippen LogP contribution in [-0.2, 0) is 14.6 Å². The summed E-state index contributed by atoms with van der Waals surface area (Å²) in [5.41, 5.74) is 0.218.